The van der Waals surface area contributed by atoms with Crippen LogP contribution in [0.4, 0.5) is 0 Å². The van der Waals surface area contributed by atoms with Crippen LogP contribution in [0.25, 0.3) is 0 Å². The maximum Gasteiger partial charge on any atom is 0.240 e. The number of carbonyl (C=O) groups excluding carboxylic acids is 1. The molecule has 2 N–H and O–H groups in total. The van der Waals surface area contributed by atoms with E-state index in [0.717, 1.165) is 32.2 Å². The van der Waals surface area contributed by atoms with Gasteiger partial charge in [-0.25, -0.2) is 0 Å². The van der Waals surface area contributed by atoms with Crippen molar-refractivity contribution in [1.82, 2.24) is 9.80 Å². The highest BCUT2D eigenvalue weighted by atomic mass is 16.2. The molecule has 2 rings (SSSR count). The summed E-state index contributed by atoms with van der Waals surface area (Å²) in [5, 5.41) is 0. The Kier molecular flexibility index (Phi) is 5.87. The molecule has 1 saturated heterocycles. The number of nitrogens with zero attached hydrogens (tertiary/aromatic N) is 2. The Morgan fingerprint density at radius 3 is 2.45 bits per heavy atom. The van der Waals surface area contributed by atoms with E-state index in [4.69, 9.17) is 5.73 Å². The maximum absolute atomic E-state index is 12.2. The number of hydrogen-bond acceptors (Lipinski definition) is 3. The summed E-state index contributed by atoms with van der Waals surface area (Å²) in [6.45, 7) is 5.43. The van der Waals surface area contributed by atoms with Crippen molar-refractivity contribution in [2.75, 3.05) is 26.2 Å². The third-order valence-electron chi connectivity index (χ3n) is 4.53. The second-order valence-electron chi connectivity index (χ2n) is 5.89. The fourth-order valence-corrected chi connectivity index (χ4v) is 3.29. The Morgan fingerprint density at radius 1 is 1.20 bits per heavy atom. The van der Waals surface area contributed by atoms with Gasteiger partial charge in [0.2, 0.25) is 5.91 Å². The minimum absolute atomic E-state index is 0.0658. The van der Waals surface area contributed by atoms with Crippen molar-refractivity contribution in [3.05, 3.63) is 0 Å². The zero-order valence-corrected chi connectivity index (χ0v) is 12.6. The molecule has 112 valence electrons. The van der Waals surface area contributed by atoms with E-state index >= 15 is 0 Å². The SMILES string of the molecule is CC#CCC(N)C(=O)N1CCN(C2CCCCC2)CC1. The Morgan fingerprint density at radius 2 is 1.85 bits per heavy atom. The fourth-order valence-electron chi connectivity index (χ4n) is 3.29. The van der Waals surface area contributed by atoms with E-state index in [0.29, 0.717) is 6.42 Å². The lowest BCUT2D eigenvalue weighted by Crippen LogP contribution is -2.55. The van der Waals surface area contributed by atoms with Crippen LogP contribution >= 0.6 is 0 Å². The summed E-state index contributed by atoms with van der Waals surface area (Å²) < 4.78 is 0. The molecule has 0 aromatic heterocycles. The lowest BCUT2D eigenvalue weighted by molar-refractivity contribution is -0.134. The number of nitrogens with two attached hydrogens (primary N) is 1. The van der Waals surface area contributed by atoms with E-state index < -0.39 is 6.04 Å². The molecule has 2 fully saturated rings. The zero-order valence-electron chi connectivity index (χ0n) is 12.6. The third-order valence-corrected chi connectivity index (χ3v) is 4.53. The summed E-state index contributed by atoms with van der Waals surface area (Å²) in [6.07, 6.45) is 7.26. The zero-order chi connectivity index (χ0) is 14.4. The highest BCUT2D eigenvalue weighted by Crippen LogP contribution is 2.23. The van der Waals surface area contributed by atoms with Crippen LogP contribution in [0.3, 0.4) is 0 Å². The van der Waals surface area contributed by atoms with E-state index in [1.807, 2.05) is 4.90 Å². The van der Waals surface area contributed by atoms with Crippen molar-refractivity contribution >= 4 is 5.91 Å². The number of piperazine rings is 1. The molecule has 0 aromatic carbocycles. The lowest BCUT2D eigenvalue weighted by atomic mass is 9.94. The highest BCUT2D eigenvalue weighted by Gasteiger charge is 2.28. The molecular formula is C16H27N3O. The van der Waals surface area contributed by atoms with Gasteiger partial charge in [0.15, 0.2) is 0 Å². The smallest absolute Gasteiger partial charge is 0.240 e. The van der Waals surface area contributed by atoms with Gasteiger partial charge in [-0.15, -0.1) is 11.8 Å². The van der Waals surface area contributed by atoms with Crippen molar-refractivity contribution < 1.29 is 4.79 Å². The van der Waals surface area contributed by atoms with E-state index in [2.05, 4.69) is 16.7 Å². The van der Waals surface area contributed by atoms with E-state index in [1.54, 1.807) is 6.92 Å². The van der Waals surface area contributed by atoms with Gasteiger partial charge >= 0.3 is 0 Å². The summed E-state index contributed by atoms with van der Waals surface area (Å²) in [7, 11) is 0. The van der Waals surface area contributed by atoms with Crippen LogP contribution in [-0.2, 0) is 4.79 Å². The predicted octanol–water partition coefficient (Wildman–Crippen LogP) is 1.20. The first-order chi connectivity index (χ1) is 9.72. The molecule has 0 radical (unpaired) electrons. The summed E-state index contributed by atoms with van der Waals surface area (Å²) in [4.78, 5) is 16.7. The average Bonchev–Trinajstić information content (AvgIpc) is 2.53. The molecule has 0 bridgehead atoms. The first kappa shape index (κ1) is 15.3. The minimum atomic E-state index is -0.455. The van der Waals surface area contributed by atoms with E-state index in [9.17, 15) is 4.79 Å². The van der Waals surface area contributed by atoms with E-state index in [-0.39, 0.29) is 5.91 Å². The summed E-state index contributed by atoms with van der Waals surface area (Å²) in [6, 6.07) is 0.296. The van der Waals surface area contributed by atoms with Crippen LogP contribution in [0.1, 0.15) is 45.4 Å². The highest BCUT2D eigenvalue weighted by molar-refractivity contribution is 5.82. The van der Waals surface area contributed by atoms with Gasteiger partial charge in [0, 0.05) is 38.6 Å². The van der Waals surface area contributed by atoms with Gasteiger partial charge in [0.25, 0.3) is 0 Å². The average molecular weight is 277 g/mol. The van der Waals surface area contributed by atoms with Gasteiger partial charge in [-0.3, -0.25) is 9.69 Å². The topological polar surface area (TPSA) is 49.6 Å². The number of hydrogen-bond donors (Lipinski definition) is 1. The maximum atomic E-state index is 12.2. The molecule has 1 atom stereocenters. The molecule has 4 heteroatoms. The number of rotatable bonds is 3. The van der Waals surface area contributed by atoms with Crippen molar-refractivity contribution in [2.24, 2.45) is 5.73 Å². The first-order valence-electron chi connectivity index (χ1n) is 7.90. The molecule has 0 aromatic rings. The molecule has 1 heterocycles. The molecule has 20 heavy (non-hydrogen) atoms. The van der Waals surface area contributed by atoms with Gasteiger partial charge in [-0.2, -0.15) is 0 Å². The monoisotopic (exact) mass is 277 g/mol. The van der Waals surface area contributed by atoms with Crippen molar-refractivity contribution in [3.8, 4) is 11.8 Å². The molecular weight excluding hydrogens is 250 g/mol. The molecule has 0 spiro atoms. The Hall–Kier alpha value is -1.05. The van der Waals surface area contributed by atoms with E-state index in [1.165, 1.54) is 32.1 Å². The van der Waals surface area contributed by atoms with Crippen LogP contribution in [0.2, 0.25) is 0 Å². The molecule has 1 saturated carbocycles. The largest absolute Gasteiger partial charge is 0.339 e. The van der Waals surface area contributed by atoms with Gasteiger partial charge in [0.05, 0.1) is 6.04 Å². The van der Waals surface area contributed by atoms with Crippen molar-refractivity contribution in [3.63, 3.8) is 0 Å². The number of amides is 1. The summed E-state index contributed by atoms with van der Waals surface area (Å²) in [5.41, 5.74) is 5.90. The lowest BCUT2D eigenvalue weighted by Gasteiger charge is -2.41. The van der Waals surface area contributed by atoms with Crippen LogP contribution in [0.15, 0.2) is 0 Å². The molecule has 1 aliphatic heterocycles. The quantitative estimate of drug-likeness (QED) is 0.789. The van der Waals surface area contributed by atoms with Crippen LogP contribution < -0.4 is 5.73 Å². The molecule has 1 amide bonds. The number of carbonyl (C=O) groups is 1. The molecule has 4 nitrogen and oxygen atoms in total. The van der Waals surface area contributed by atoms with Gasteiger partial charge in [-0.1, -0.05) is 19.3 Å². The second-order valence-corrected chi connectivity index (χ2v) is 5.89. The molecule has 1 unspecified atom stereocenters. The van der Waals surface area contributed by atoms with Gasteiger partial charge < -0.3 is 10.6 Å². The van der Waals surface area contributed by atoms with Crippen molar-refractivity contribution in [1.29, 1.82) is 0 Å². The minimum Gasteiger partial charge on any atom is -0.339 e. The van der Waals surface area contributed by atoms with Crippen LogP contribution in [0.5, 0.6) is 0 Å². The van der Waals surface area contributed by atoms with Crippen molar-refractivity contribution in [2.45, 2.75) is 57.5 Å². The molecule has 1 aliphatic carbocycles. The Balaban J connectivity index is 1.77. The van der Waals surface area contributed by atoms with Gasteiger partial charge in [0.1, 0.15) is 0 Å². The third kappa shape index (κ3) is 3.97. The Labute approximate surface area is 122 Å². The molecule has 2 aliphatic rings. The first-order valence-corrected chi connectivity index (χ1v) is 7.90. The normalized spacial score (nSPS) is 23.0. The standard InChI is InChI=1S/C16H27N3O/c1-2-3-9-15(17)16(20)19-12-10-18(11-13-19)14-7-5-4-6-8-14/h14-15H,4-13,17H2,1H3. The second kappa shape index (κ2) is 7.66. The fraction of sp³-hybridized carbons (Fsp3) is 0.812. The summed E-state index contributed by atoms with van der Waals surface area (Å²) >= 11 is 0. The Bertz CT molecular complexity index is 371. The van der Waals surface area contributed by atoms with Crippen LogP contribution in [-0.4, -0.2) is 54.0 Å². The summed E-state index contributed by atoms with van der Waals surface area (Å²) in [5.74, 6) is 5.76. The van der Waals surface area contributed by atoms with Crippen LogP contribution in [0, 0.1) is 11.8 Å². The van der Waals surface area contributed by atoms with Gasteiger partial charge in [-0.05, 0) is 19.8 Å². The predicted molar refractivity (Wildman–Crippen MR) is 81.1 cm³/mol.